The lowest BCUT2D eigenvalue weighted by Crippen LogP contribution is -2.16. The molecule has 2 rings (SSSR count). The minimum Gasteiger partial charge on any atom is -0.465 e. The normalized spacial score (nSPS) is 11.0. The van der Waals surface area contributed by atoms with Gasteiger partial charge in [0.05, 0.1) is 23.9 Å². The van der Waals surface area contributed by atoms with Crippen LogP contribution >= 0.6 is 11.6 Å². The summed E-state index contributed by atoms with van der Waals surface area (Å²) in [4.78, 5) is 23.8. The van der Waals surface area contributed by atoms with Crippen LogP contribution in [0.3, 0.4) is 0 Å². The average molecular weight is 358 g/mol. The van der Waals surface area contributed by atoms with E-state index in [1.54, 1.807) is 0 Å². The lowest BCUT2D eigenvalue weighted by Gasteiger charge is -2.11. The number of alkyl halides is 3. The fraction of sp³-hybridized carbons (Fsp3) is 0.125. The zero-order chi connectivity index (χ0) is 17.9. The summed E-state index contributed by atoms with van der Waals surface area (Å²) in [5, 5.41) is 2.70. The van der Waals surface area contributed by atoms with Crippen LogP contribution in [0.15, 0.2) is 42.5 Å². The molecule has 126 valence electrons. The predicted molar refractivity (Wildman–Crippen MR) is 82.2 cm³/mol. The Balaban J connectivity index is 2.27. The standard InChI is InChI=1S/C16H11ClF3NO3/c1-24-15(23)12-7-6-11(17)8-13(12)21-14(22)9-2-4-10(5-3-9)16(18,19)20/h2-8H,1H3,(H,21,22). The molecule has 0 fully saturated rings. The van der Waals surface area contributed by atoms with Crippen LogP contribution in [0.25, 0.3) is 0 Å². The van der Waals surface area contributed by atoms with E-state index in [0.717, 1.165) is 24.3 Å². The van der Waals surface area contributed by atoms with E-state index >= 15 is 0 Å². The van der Waals surface area contributed by atoms with Gasteiger partial charge in [0.1, 0.15) is 0 Å². The van der Waals surface area contributed by atoms with Crippen molar-refractivity contribution in [3.8, 4) is 0 Å². The van der Waals surface area contributed by atoms with Gasteiger partial charge in [-0.15, -0.1) is 0 Å². The third kappa shape index (κ3) is 4.05. The van der Waals surface area contributed by atoms with Gasteiger partial charge in [0.15, 0.2) is 0 Å². The Labute approximate surface area is 140 Å². The van der Waals surface area contributed by atoms with Crippen LogP contribution in [0.2, 0.25) is 5.02 Å². The first-order chi connectivity index (χ1) is 11.2. The van der Waals surface area contributed by atoms with Crippen LogP contribution in [0.5, 0.6) is 0 Å². The molecule has 0 bridgehead atoms. The van der Waals surface area contributed by atoms with Crippen molar-refractivity contribution in [2.75, 3.05) is 12.4 Å². The SMILES string of the molecule is COC(=O)c1ccc(Cl)cc1NC(=O)c1ccc(C(F)(F)F)cc1. The van der Waals surface area contributed by atoms with Crippen molar-refractivity contribution in [1.29, 1.82) is 0 Å². The van der Waals surface area contributed by atoms with E-state index in [1.165, 1.54) is 25.3 Å². The fourth-order valence-electron chi connectivity index (χ4n) is 1.91. The number of ether oxygens (including phenoxy) is 1. The van der Waals surface area contributed by atoms with Crippen LogP contribution in [0.4, 0.5) is 18.9 Å². The van der Waals surface area contributed by atoms with E-state index in [2.05, 4.69) is 10.1 Å². The number of rotatable bonds is 3. The second kappa shape index (κ2) is 6.92. The third-order valence-electron chi connectivity index (χ3n) is 3.11. The van der Waals surface area contributed by atoms with Gasteiger partial charge in [-0.25, -0.2) is 4.79 Å². The maximum Gasteiger partial charge on any atom is 0.416 e. The molecule has 4 nitrogen and oxygen atoms in total. The first kappa shape index (κ1) is 17.8. The highest BCUT2D eigenvalue weighted by Crippen LogP contribution is 2.29. The third-order valence-corrected chi connectivity index (χ3v) is 3.34. The summed E-state index contributed by atoms with van der Waals surface area (Å²) >= 11 is 5.84. The molecule has 0 atom stereocenters. The quantitative estimate of drug-likeness (QED) is 0.828. The number of halogens is 4. The minimum absolute atomic E-state index is 0.00112. The Morgan fingerprint density at radius 3 is 2.25 bits per heavy atom. The van der Waals surface area contributed by atoms with Gasteiger partial charge in [0.25, 0.3) is 5.91 Å². The molecule has 0 unspecified atom stereocenters. The van der Waals surface area contributed by atoms with Crippen LogP contribution < -0.4 is 5.32 Å². The van der Waals surface area contributed by atoms with Gasteiger partial charge in [-0.2, -0.15) is 13.2 Å². The van der Waals surface area contributed by atoms with E-state index in [-0.39, 0.29) is 21.8 Å². The molecule has 0 aliphatic rings. The van der Waals surface area contributed by atoms with E-state index in [4.69, 9.17) is 11.6 Å². The molecular formula is C16H11ClF3NO3. The summed E-state index contributed by atoms with van der Waals surface area (Å²) in [6, 6.07) is 7.84. The summed E-state index contributed by atoms with van der Waals surface area (Å²) in [7, 11) is 1.18. The highest BCUT2D eigenvalue weighted by Gasteiger charge is 2.30. The van der Waals surface area contributed by atoms with Crippen molar-refractivity contribution in [2.45, 2.75) is 6.18 Å². The van der Waals surface area contributed by atoms with Crippen molar-refractivity contribution in [1.82, 2.24) is 0 Å². The summed E-state index contributed by atoms with van der Waals surface area (Å²) < 4.78 is 42.2. The molecule has 0 spiro atoms. The maximum absolute atomic E-state index is 12.5. The van der Waals surface area contributed by atoms with Crippen LogP contribution in [-0.2, 0) is 10.9 Å². The van der Waals surface area contributed by atoms with Crippen molar-refractivity contribution >= 4 is 29.2 Å². The first-order valence-electron chi connectivity index (χ1n) is 6.59. The van der Waals surface area contributed by atoms with E-state index in [0.29, 0.717) is 0 Å². The topological polar surface area (TPSA) is 55.4 Å². The lowest BCUT2D eigenvalue weighted by atomic mass is 10.1. The zero-order valence-corrected chi connectivity index (χ0v) is 13.0. The number of anilines is 1. The van der Waals surface area contributed by atoms with Gasteiger partial charge in [-0.05, 0) is 42.5 Å². The molecule has 1 amide bonds. The number of nitrogens with one attached hydrogen (secondary N) is 1. The van der Waals surface area contributed by atoms with Gasteiger partial charge < -0.3 is 10.1 Å². The largest absolute Gasteiger partial charge is 0.465 e. The molecule has 0 aromatic heterocycles. The molecule has 0 heterocycles. The van der Waals surface area contributed by atoms with Gasteiger partial charge in [-0.3, -0.25) is 4.79 Å². The molecule has 0 aliphatic heterocycles. The summed E-state index contributed by atoms with van der Waals surface area (Å²) in [6.07, 6.45) is -4.49. The number of hydrogen-bond donors (Lipinski definition) is 1. The number of carbonyl (C=O) groups excluding carboxylic acids is 2. The lowest BCUT2D eigenvalue weighted by molar-refractivity contribution is -0.137. The predicted octanol–water partition coefficient (Wildman–Crippen LogP) is 4.40. The molecule has 0 radical (unpaired) electrons. The van der Waals surface area contributed by atoms with Gasteiger partial charge in [-0.1, -0.05) is 11.6 Å². The zero-order valence-electron chi connectivity index (χ0n) is 12.3. The van der Waals surface area contributed by atoms with Crippen LogP contribution in [0, 0.1) is 0 Å². The number of esters is 1. The van der Waals surface area contributed by atoms with Crippen molar-refractivity contribution in [3.05, 3.63) is 64.2 Å². The summed E-state index contributed by atoms with van der Waals surface area (Å²) in [5.41, 5.74) is -0.697. The molecule has 2 aromatic carbocycles. The van der Waals surface area contributed by atoms with E-state index in [9.17, 15) is 22.8 Å². The Bertz CT molecular complexity index is 773. The number of benzene rings is 2. The fourth-order valence-corrected chi connectivity index (χ4v) is 2.09. The smallest absolute Gasteiger partial charge is 0.416 e. The second-order valence-corrected chi connectivity index (χ2v) is 5.15. The van der Waals surface area contributed by atoms with Crippen LogP contribution in [-0.4, -0.2) is 19.0 Å². The molecule has 0 aliphatic carbocycles. The molecule has 2 aromatic rings. The van der Waals surface area contributed by atoms with Crippen LogP contribution in [0.1, 0.15) is 26.3 Å². The Morgan fingerprint density at radius 1 is 1.08 bits per heavy atom. The summed E-state index contributed by atoms with van der Waals surface area (Å²) in [5.74, 6) is -1.37. The summed E-state index contributed by atoms with van der Waals surface area (Å²) in [6.45, 7) is 0. The van der Waals surface area contributed by atoms with E-state index < -0.39 is 23.6 Å². The Hall–Kier alpha value is -2.54. The van der Waals surface area contributed by atoms with Gasteiger partial charge >= 0.3 is 12.1 Å². The molecule has 1 N–H and O–H groups in total. The number of amides is 1. The number of carbonyl (C=O) groups is 2. The number of methoxy groups -OCH3 is 1. The highest BCUT2D eigenvalue weighted by molar-refractivity contribution is 6.31. The van der Waals surface area contributed by atoms with Crippen molar-refractivity contribution < 1.29 is 27.5 Å². The Morgan fingerprint density at radius 2 is 1.71 bits per heavy atom. The van der Waals surface area contributed by atoms with Crippen molar-refractivity contribution in [3.63, 3.8) is 0 Å². The molecule has 8 heteroatoms. The number of hydrogen-bond acceptors (Lipinski definition) is 3. The first-order valence-corrected chi connectivity index (χ1v) is 6.96. The molecule has 0 saturated carbocycles. The monoisotopic (exact) mass is 357 g/mol. The van der Waals surface area contributed by atoms with Gasteiger partial charge in [0.2, 0.25) is 0 Å². The maximum atomic E-state index is 12.5. The van der Waals surface area contributed by atoms with E-state index in [1.807, 2.05) is 0 Å². The molecule has 0 saturated heterocycles. The Kier molecular flexibility index (Phi) is 5.14. The van der Waals surface area contributed by atoms with Crippen molar-refractivity contribution in [2.24, 2.45) is 0 Å². The average Bonchev–Trinajstić information content (AvgIpc) is 2.53. The van der Waals surface area contributed by atoms with Gasteiger partial charge in [0, 0.05) is 10.6 Å². The minimum atomic E-state index is -4.49. The molecular weight excluding hydrogens is 347 g/mol. The second-order valence-electron chi connectivity index (χ2n) is 4.71. The molecule has 24 heavy (non-hydrogen) atoms. The highest BCUT2D eigenvalue weighted by atomic mass is 35.5.